The van der Waals surface area contributed by atoms with Crippen LogP contribution >= 0.6 is 0 Å². The second-order valence-corrected chi connectivity index (χ2v) is 8.03. The van der Waals surface area contributed by atoms with Gasteiger partial charge in [0.05, 0.1) is 24.4 Å². The maximum atomic E-state index is 12.7. The van der Waals surface area contributed by atoms with Gasteiger partial charge in [0, 0.05) is 42.0 Å². The van der Waals surface area contributed by atoms with Crippen molar-refractivity contribution in [1.29, 1.82) is 5.26 Å². The summed E-state index contributed by atoms with van der Waals surface area (Å²) in [6.45, 7) is 0.886. The molecule has 10 nitrogen and oxygen atoms in total. The number of nitrogens with one attached hydrogen (secondary N) is 1. The molecule has 1 amide bonds. The number of aliphatic carboxylic acids is 1. The number of aromatic amines is 1. The molecule has 2 N–H and O–H groups in total. The number of nitriles is 1. The third-order valence-corrected chi connectivity index (χ3v) is 5.62. The number of rotatable bonds is 4. The minimum Gasteiger partial charge on any atom is -0.475 e. The highest BCUT2D eigenvalue weighted by atomic mass is 19.4. The van der Waals surface area contributed by atoms with Crippen molar-refractivity contribution in [2.45, 2.75) is 18.1 Å². The SMILES string of the molecule is N#CCC1(n2cc(-c3ncnc4[nH]ccc34)cn2)CN(C(=O)c2ccccc2)C1.O=C(O)C(F)(F)F. The van der Waals surface area contributed by atoms with E-state index in [1.807, 2.05) is 36.7 Å². The molecule has 0 unspecified atom stereocenters. The highest BCUT2D eigenvalue weighted by Gasteiger charge is 2.47. The number of likely N-dealkylation sites (tertiary alicyclic amines) is 1. The van der Waals surface area contributed by atoms with Crippen LogP contribution in [-0.2, 0) is 10.3 Å². The lowest BCUT2D eigenvalue weighted by Gasteiger charge is -2.49. The van der Waals surface area contributed by atoms with Crippen molar-refractivity contribution in [3.05, 3.63) is 66.9 Å². The van der Waals surface area contributed by atoms with Gasteiger partial charge in [-0.3, -0.25) is 9.48 Å². The molecule has 1 saturated heterocycles. The van der Waals surface area contributed by atoms with Crippen molar-refractivity contribution < 1.29 is 27.9 Å². The van der Waals surface area contributed by atoms with Gasteiger partial charge in [-0.2, -0.15) is 23.5 Å². The molecule has 1 fully saturated rings. The molecule has 0 atom stereocenters. The third kappa shape index (κ3) is 4.74. The van der Waals surface area contributed by atoms with E-state index in [1.54, 1.807) is 27.9 Å². The fourth-order valence-electron chi connectivity index (χ4n) is 3.86. The summed E-state index contributed by atoms with van der Waals surface area (Å²) in [4.78, 5) is 35.0. The Morgan fingerprint density at radius 1 is 1.17 bits per heavy atom. The zero-order chi connectivity index (χ0) is 25.9. The lowest BCUT2D eigenvalue weighted by Crippen LogP contribution is -2.64. The second-order valence-electron chi connectivity index (χ2n) is 8.03. The summed E-state index contributed by atoms with van der Waals surface area (Å²) in [5, 5.41) is 21.9. The quantitative estimate of drug-likeness (QED) is 0.441. The molecule has 0 saturated carbocycles. The van der Waals surface area contributed by atoms with Gasteiger partial charge in [-0.05, 0) is 18.2 Å². The average Bonchev–Trinajstić information content (AvgIpc) is 3.51. The molecule has 5 rings (SSSR count). The van der Waals surface area contributed by atoms with E-state index in [4.69, 9.17) is 9.90 Å². The molecule has 0 radical (unpaired) electrons. The average molecular weight is 497 g/mol. The number of H-pyrrole nitrogens is 1. The number of nitrogens with zero attached hydrogens (tertiary/aromatic N) is 6. The Morgan fingerprint density at radius 2 is 1.86 bits per heavy atom. The highest BCUT2D eigenvalue weighted by Crippen LogP contribution is 2.35. The van der Waals surface area contributed by atoms with E-state index in [0.29, 0.717) is 18.7 Å². The number of halogens is 3. The number of carbonyl (C=O) groups excluding carboxylic acids is 1. The van der Waals surface area contributed by atoms with Crippen molar-refractivity contribution in [3.8, 4) is 17.3 Å². The van der Waals surface area contributed by atoms with E-state index in [9.17, 15) is 23.2 Å². The monoisotopic (exact) mass is 497 g/mol. The molecule has 1 aromatic carbocycles. The van der Waals surface area contributed by atoms with Crippen molar-refractivity contribution in [1.82, 2.24) is 29.6 Å². The number of amides is 1. The molecule has 4 aromatic rings. The van der Waals surface area contributed by atoms with Crippen LogP contribution in [0.5, 0.6) is 0 Å². The fourth-order valence-corrected chi connectivity index (χ4v) is 3.86. The fraction of sp³-hybridized carbons (Fsp3) is 0.217. The number of carboxylic acids is 1. The topological polar surface area (TPSA) is 141 Å². The van der Waals surface area contributed by atoms with Gasteiger partial charge >= 0.3 is 12.1 Å². The van der Waals surface area contributed by atoms with Gasteiger partial charge in [-0.15, -0.1) is 0 Å². The second kappa shape index (κ2) is 9.49. The summed E-state index contributed by atoms with van der Waals surface area (Å²) in [5.41, 5.74) is 2.52. The van der Waals surface area contributed by atoms with Crippen LogP contribution in [0.4, 0.5) is 13.2 Å². The summed E-state index contributed by atoms with van der Waals surface area (Å²) in [6, 6.07) is 13.4. The summed E-state index contributed by atoms with van der Waals surface area (Å²) in [7, 11) is 0. The van der Waals surface area contributed by atoms with E-state index in [-0.39, 0.29) is 12.3 Å². The van der Waals surface area contributed by atoms with Crippen molar-refractivity contribution in [2.24, 2.45) is 0 Å². The summed E-state index contributed by atoms with van der Waals surface area (Å²) < 4.78 is 33.5. The Hall–Kier alpha value is -4.73. The molecule has 0 bridgehead atoms. The molecule has 184 valence electrons. The van der Waals surface area contributed by atoms with Gasteiger partial charge in [-0.1, -0.05) is 18.2 Å². The number of aromatic nitrogens is 5. The van der Waals surface area contributed by atoms with Crippen LogP contribution in [0.1, 0.15) is 16.8 Å². The molecule has 1 aliphatic rings. The zero-order valence-corrected chi connectivity index (χ0v) is 18.5. The Bertz CT molecular complexity index is 1430. The molecular weight excluding hydrogens is 479 g/mol. The number of benzene rings is 1. The highest BCUT2D eigenvalue weighted by molar-refractivity contribution is 5.95. The van der Waals surface area contributed by atoms with Crippen molar-refractivity contribution in [3.63, 3.8) is 0 Å². The smallest absolute Gasteiger partial charge is 0.475 e. The Kier molecular flexibility index (Phi) is 6.43. The summed E-state index contributed by atoms with van der Waals surface area (Å²) in [5.74, 6) is -2.79. The van der Waals surface area contributed by atoms with Crippen LogP contribution in [0, 0.1) is 11.3 Å². The van der Waals surface area contributed by atoms with Crippen LogP contribution < -0.4 is 0 Å². The number of fused-ring (bicyclic) bond motifs is 1. The number of hydrogen-bond acceptors (Lipinski definition) is 6. The Labute approximate surface area is 201 Å². The first kappa shape index (κ1) is 24.4. The first-order valence-electron chi connectivity index (χ1n) is 10.5. The molecule has 36 heavy (non-hydrogen) atoms. The normalized spacial score (nSPS) is 14.3. The lowest BCUT2D eigenvalue weighted by atomic mass is 9.86. The van der Waals surface area contributed by atoms with Gasteiger partial charge < -0.3 is 15.0 Å². The molecule has 0 aliphatic carbocycles. The molecule has 1 aliphatic heterocycles. The van der Waals surface area contributed by atoms with Gasteiger partial charge in [0.15, 0.2) is 0 Å². The molecule has 13 heteroatoms. The third-order valence-electron chi connectivity index (χ3n) is 5.62. The standard InChI is InChI=1S/C21H17N7O.C2HF3O2/c22-8-7-21(12-27(13-21)20(29)15-4-2-1-3-5-15)28-11-16(10-26-28)18-17-6-9-23-19(17)25-14-24-18;3-2(4,5)1(6)7/h1-6,9-11,14H,7,12-13H2,(H,23,24,25);(H,6,7). The first-order chi connectivity index (χ1) is 17.1. The molecule has 4 heterocycles. The van der Waals surface area contributed by atoms with Gasteiger partial charge in [0.25, 0.3) is 5.91 Å². The minimum atomic E-state index is -5.08. The van der Waals surface area contributed by atoms with Gasteiger partial charge in [0.1, 0.15) is 17.5 Å². The van der Waals surface area contributed by atoms with Crippen molar-refractivity contribution in [2.75, 3.05) is 13.1 Å². The van der Waals surface area contributed by atoms with Crippen LogP contribution in [0.3, 0.4) is 0 Å². The maximum Gasteiger partial charge on any atom is 0.490 e. The number of carbonyl (C=O) groups is 2. The van der Waals surface area contributed by atoms with Crippen LogP contribution in [0.15, 0.2) is 61.3 Å². The van der Waals surface area contributed by atoms with Crippen LogP contribution in [-0.4, -0.2) is 65.9 Å². The van der Waals surface area contributed by atoms with E-state index < -0.39 is 17.7 Å². The minimum absolute atomic E-state index is 0.0311. The van der Waals surface area contributed by atoms with E-state index in [1.165, 1.54) is 6.33 Å². The number of alkyl halides is 3. The first-order valence-corrected chi connectivity index (χ1v) is 10.5. The van der Waals surface area contributed by atoms with Crippen molar-refractivity contribution >= 4 is 22.9 Å². The van der Waals surface area contributed by atoms with Gasteiger partial charge in [-0.25, -0.2) is 14.8 Å². The lowest BCUT2D eigenvalue weighted by molar-refractivity contribution is -0.192. The maximum absolute atomic E-state index is 12.7. The summed E-state index contributed by atoms with van der Waals surface area (Å²) >= 11 is 0. The van der Waals surface area contributed by atoms with Gasteiger partial charge in [0.2, 0.25) is 0 Å². The largest absolute Gasteiger partial charge is 0.490 e. The molecule has 0 spiro atoms. The Morgan fingerprint density at radius 3 is 2.50 bits per heavy atom. The number of carboxylic acid groups (broad SMARTS) is 1. The van der Waals surface area contributed by atoms with E-state index in [2.05, 4.69) is 26.1 Å². The van der Waals surface area contributed by atoms with Crippen LogP contribution in [0.25, 0.3) is 22.3 Å². The van der Waals surface area contributed by atoms with E-state index >= 15 is 0 Å². The molecular formula is C23H18F3N7O3. The van der Waals surface area contributed by atoms with E-state index in [0.717, 1.165) is 22.3 Å². The van der Waals surface area contributed by atoms with Crippen LogP contribution in [0.2, 0.25) is 0 Å². The molecule has 3 aromatic heterocycles. The number of hydrogen-bond donors (Lipinski definition) is 2. The Balaban J connectivity index is 0.000000384. The predicted molar refractivity (Wildman–Crippen MR) is 119 cm³/mol. The summed E-state index contributed by atoms with van der Waals surface area (Å²) in [6.07, 6.45) is 2.17. The zero-order valence-electron chi connectivity index (χ0n) is 18.5. The predicted octanol–water partition coefficient (Wildman–Crippen LogP) is 3.22.